The second-order valence-electron chi connectivity index (χ2n) is 6.03. The Labute approximate surface area is 161 Å². The fraction of sp³-hybridized carbons (Fsp3) is 0.381. The minimum Gasteiger partial charge on any atom is -0.493 e. The number of ether oxygens (including phenoxy) is 3. The summed E-state index contributed by atoms with van der Waals surface area (Å²) in [5, 5.41) is 6.64. The first-order chi connectivity index (χ1) is 13.1. The maximum Gasteiger partial charge on any atom is 0.203 e. The van der Waals surface area contributed by atoms with Gasteiger partial charge < -0.3 is 24.8 Å². The number of hydrogen-bond acceptors (Lipinski definition) is 4. The number of hydrogen-bond donors (Lipinski definition) is 2. The van der Waals surface area contributed by atoms with E-state index >= 15 is 0 Å². The molecule has 0 saturated heterocycles. The lowest BCUT2D eigenvalue weighted by atomic mass is 10.1. The number of rotatable bonds is 8. The number of methoxy groups -OCH3 is 2. The molecule has 0 aliphatic heterocycles. The molecular formula is C21H29N3O3. The summed E-state index contributed by atoms with van der Waals surface area (Å²) in [7, 11) is 5.00. The molecule has 2 aromatic carbocycles. The van der Waals surface area contributed by atoms with Crippen LogP contribution in [-0.4, -0.2) is 33.8 Å². The lowest BCUT2D eigenvalue weighted by molar-refractivity contribution is 0.288. The van der Waals surface area contributed by atoms with Gasteiger partial charge in [-0.15, -0.1) is 0 Å². The predicted molar refractivity (Wildman–Crippen MR) is 109 cm³/mol. The molecule has 146 valence electrons. The minimum absolute atomic E-state index is 0.542. The summed E-state index contributed by atoms with van der Waals surface area (Å²) in [6, 6.07) is 12.3. The summed E-state index contributed by atoms with van der Waals surface area (Å²) in [6.45, 7) is 5.84. The number of aliphatic imine (C=N–C) groups is 1. The Kier molecular flexibility index (Phi) is 7.79. The fourth-order valence-electron chi connectivity index (χ4n) is 2.74. The molecule has 6 nitrogen and oxygen atoms in total. The van der Waals surface area contributed by atoms with Crippen LogP contribution in [-0.2, 0) is 13.1 Å². The average molecular weight is 371 g/mol. The van der Waals surface area contributed by atoms with Crippen LogP contribution in [0.15, 0.2) is 41.4 Å². The van der Waals surface area contributed by atoms with Crippen LogP contribution < -0.4 is 24.8 Å². The number of nitrogens with zero attached hydrogens (tertiary/aromatic N) is 1. The van der Waals surface area contributed by atoms with Gasteiger partial charge in [-0.1, -0.05) is 29.8 Å². The lowest BCUT2D eigenvalue weighted by Gasteiger charge is -2.16. The van der Waals surface area contributed by atoms with Gasteiger partial charge in [-0.25, -0.2) is 0 Å². The maximum atomic E-state index is 5.64. The molecule has 0 aromatic heterocycles. The Bertz CT molecular complexity index is 750. The van der Waals surface area contributed by atoms with E-state index in [0.29, 0.717) is 36.9 Å². The van der Waals surface area contributed by atoms with Crippen molar-refractivity contribution in [2.24, 2.45) is 4.99 Å². The topological polar surface area (TPSA) is 64.1 Å². The third-order valence-electron chi connectivity index (χ3n) is 4.04. The number of benzene rings is 2. The molecule has 0 amide bonds. The van der Waals surface area contributed by atoms with Crippen molar-refractivity contribution in [1.29, 1.82) is 0 Å². The SMILES string of the molecule is CCOc1c(OC)cc(CNC(=NC)NCc2cccc(C)c2)cc1OC. The molecule has 2 N–H and O–H groups in total. The molecule has 0 fully saturated rings. The van der Waals surface area contributed by atoms with E-state index in [2.05, 4.69) is 46.8 Å². The highest BCUT2D eigenvalue weighted by Gasteiger charge is 2.14. The summed E-state index contributed by atoms with van der Waals surface area (Å²) in [5.41, 5.74) is 3.46. The standard InChI is InChI=1S/C21H29N3O3/c1-6-27-20-18(25-4)11-17(12-19(20)26-5)14-24-21(22-3)23-13-16-9-7-8-15(2)10-16/h7-12H,6,13-14H2,1-5H3,(H2,22,23,24). The average Bonchev–Trinajstić information content (AvgIpc) is 2.68. The molecule has 2 rings (SSSR count). The zero-order valence-corrected chi connectivity index (χ0v) is 16.8. The largest absolute Gasteiger partial charge is 0.493 e. The van der Waals surface area contributed by atoms with Gasteiger partial charge in [0, 0.05) is 20.1 Å². The van der Waals surface area contributed by atoms with Crippen molar-refractivity contribution in [3.8, 4) is 17.2 Å². The summed E-state index contributed by atoms with van der Waals surface area (Å²) in [6.07, 6.45) is 0. The van der Waals surface area contributed by atoms with Gasteiger partial charge in [0.25, 0.3) is 0 Å². The highest BCUT2D eigenvalue weighted by atomic mass is 16.5. The van der Waals surface area contributed by atoms with Crippen molar-refractivity contribution in [3.63, 3.8) is 0 Å². The Morgan fingerprint density at radius 3 is 2.11 bits per heavy atom. The molecule has 6 heteroatoms. The number of guanidine groups is 1. The fourth-order valence-corrected chi connectivity index (χ4v) is 2.74. The third kappa shape index (κ3) is 5.81. The van der Waals surface area contributed by atoms with Crippen molar-refractivity contribution in [2.75, 3.05) is 27.9 Å². The molecular weight excluding hydrogens is 342 g/mol. The highest BCUT2D eigenvalue weighted by molar-refractivity contribution is 5.79. The molecule has 27 heavy (non-hydrogen) atoms. The van der Waals surface area contributed by atoms with Crippen LogP contribution >= 0.6 is 0 Å². The summed E-state index contributed by atoms with van der Waals surface area (Å²) in [5.74, 6) is 2.64. The molecule has 0 heterocycles. The van der Waals surface area contributed by atoms with Gasteiger partial charge in [-0.3, -0.25) is 4.99 Å². The molecule has 0 saturated carbocycles. The van der Waals surface area contributed by atoms with E-state index in [4.69, 9.17) is 14.2 Å². The smallest absolute Gasteiger partial charge is 0.203 e. The molecule has 0 aliphatic carbocycles. The van der Waals surface area contributed by atoms with Crippen LogP contribution in [0.5, 0.6) is 17.2 Å². The molecule has 0 bridgehead atoms. The van der Waals surface area contributed by atoms with Crippen LogP contribution in [0.1, 0.15) is 23.6 Å². The Morgan fingerprint density at radius 1 is 0.963 bits per heavy atom. The first-order valence-corrected chi connectivity index (χ1v) is 8.99. The van der Waals surface area contributed by atoms with Gasteiger partial charge in [0.05, 0.1) is 20.8 Å². The quantitative estimate of drug-likeness (QED) is 0.551. The van der Waals surface area contributed by atoms with Gasteiger partial charge in [-0.05, 0) is 37.1 Å². The van der Waals surface area contributed by atoms with E-state index < -0.39 is 0 Å². The third-order valence-corrected chi connectivity index (χ3v) is 4.04. The Balaban J connectivity index is 2.03. The van der Waals surface area contributed by atoms with Gasteiger partial charge in [0.15, 0.2) is 17.5 Å². The van der Waals surface area contributed by atoms with Crippen LogP contribution in [0, 0.1) is 6.92 Å². The zero-order valence-electron chi connectivity index (χ0n) is 16.8. The Hall–Kier alpha value is -2.89. The lowest BCUT2D eigenvalue weighted by Crippen LogP contribution is -2.36. The molecule has 0 spiro atoms. The normalized spacial score (nSPS) is 11.1. The Morgan fingerprint density at radius 2 is 1.59 bits per heavy atom. The molecule has 0 atom stereocenters. The molecule has 0 unspecified atom stereocenters. The molecule has 2 aromatic rings. The summed E-state index contributed by atoms with van der Waals surface area (Å²) >= 11 is 0. The van der Waals surface area contributed by atoms with Gasteiger partial charge in [0.1, 0.15) is 0 Å². The second kappa shape index (κ2) is 10.3. The first kappa shape index (κ1) is 20.4. The molecule has 0 aliphatic rings. The van der Waals surface area contributed by atoms with Crippen molar-refractivity contribution >= 4 is 5.96 Å². The van der Waals surface area contributed by atoms with E-state index in [0.717, 1.165) is 11.5 Å². The van der Waals surface area contributed by atoms with E-state index in [1.807, 2.05) is 19.1 Å². The van der Waals surface area contributed by atoms with Gasteiger partial charge >= 0.3 is 0 Å². The highest BCUT2D eigenvalue weighted by Crippen LogP contribution is 2.38. The van der Waals surface area contributed by atoms with Crippen molar-refractivity contribution < 1.29 is 14.2 Å². The van der Waals surface area contributed by atoms with Gasteiger partial charge in [-0.2, -0.15) is 0 Å². The van der Waals surface area contributed by atoms with Crippen LogP contribution in [0.2, 0.25) is 0 Å². The molecule has 0 radical (unpaired) electrons. The second-order valence-corrected chi connectivity index (χ2v) is 6.03. The van der Waals surface area contributed by atoms with Gasteiger partial charge in [0.2, 0.25) is 5.75 Å². The zero-order chi connectivity index (χ0) is 19.6. The van der Waals surface area contributed by atoms with Crippen molar-refractivity contribution in [1.82, 2.24) is 10.6 Å². The minimum atomic E-state index is 0.542. The number of nitrogens with one attached hydrogen (secondary N) is 2. The van der Waals surface area contributed by atoms with Crippen LogP contribution in [0.25, 0.3) is 0 Å². The monoisotopic (exact) mass is 371 g/mol. The van der Waals surface area contributed by atoms with E-state index in [1.54, 1.807) is 21.3 Å². The van der Waals surface area contributed by atoms with Crippen LogP contribution in [0.3, 0.4) is 0 Å². The predicted octanol–water partition coefficient (Wildman–Crippen LogP) is 3.28. The van der Waals surface area contributed by atoms with Crippen molar-refractivity contribution in [2.45, 2.75) is 26.9 Å². The first-order valence-electron chi connectivity index (χ1n) is 8.99. The summed E-state index contributed by atoms with van der Waals surface area (Å²) in [4.78, 5) is 4.28. The maximum absolute atomic E-state index is 5.64. The van der Waals surface area contributed by atoms with Crippen LogP contribution in [0.4, 0.5) is 0 Å². The van der Waals surface area contributed by atoms with Crippen molar-refractivity contribution in [3.05, 3.63) is 53.1 Å². The number of aryl methyl sites for hydroxylation is 1. The van der Waals surface area contributed by atoms with E-state index in [-0.39, 0.29) is 0 Å². The summed E-state index contributed by atoms with van der Waals surface area (Å²) < 4.78 is 16.5. The van der Waals surface area contributed by atoms with E-state index in [1.165, 1.54) is 11.1 Å². The van der Waals surface area contributed by atoms with E-state index in [9.17, 15) is 0 Å².